The molecule has 0 unspecified atom stereocenters. The summed E-state index contributed by atoms with van der Waals surface area (Å²) in [5.41, 5.74) is 6.25. The monoisotopic (exact) mass is 337 g/mol. The molecule has 1 aliphatic heterocycles. The summed E-state index contributed by atoms with van der Waals surface area (Å²) in [4.78, 5) is 26.6. The van der Waals surface area contributed by atoms with Crippen LogP contribution in [0.5, 0.6) is 0 Å². The molecule has 25 heavy (non-hydrogen) atoms. The molecule has 0 aliphatic carbocycles. The highest BCUT2D eigenvalue weighted by Crippen LogP contribution is 2.25. The predicted molar refractivity (Wildman–Crippen MR) is 99.7 cm³/mol. The molecule has 130 valence electrons. The van der Waals surface area contributed by atoms with Gasteiger partial charge in [0.05, 0.1) is 16.9 Å². The first-order chi connectivity index (χ1) is 12.1. The number of carbonyl (C=O) groups is 2. The highest BCUT2D eigenvalue weighted by atomic mass is 16.2. The third-order valence-corrected chi connectivity index (χ3v) is 4.41. The summed E-state index contributed by atoms with van der Waals surface area (Å²) < 4.78 is 0. The van der Waals surface area contributed by atoms with Gasteiger partial charge in [-0.3, -0.25) is 20.0 Å². The number of nitrogens with one attached hydrogen (secondary N) is 1. The average molecular weight is 337 g/mol. The molecule has 2 aromatic carbocycles. The minimum Gasteiger partial charge on any atom is -0.312 e. The first-order valence-electron chi connectivity index (χ1n) is 8.64. The Balaban J connectivity index is 1.83. The highest BCUT2D eigenvalue weighted by molar-refractivity contribution is 6.05. The zero-order valence-electron chi connectivity index (χ0n) is 14.7. The SMILES string of the molecule is CCN(NC(=O)c1ccccc1N1CCCC1=O)c1ccc(C)cc1. The molecule has 1 fully saturated rings. The van der Waals surface area contributed by atoms with Gasteiger partial charge in [-0.25, -0.2) is 0 Å². The van der Waals surface area contributed by atoms with Crippen molar-refractivity contribution < 1.29 is 9.59 Å². The van der Waals surface area contributed by atoms with Crippen molar-refractivity contribution >= 4 is 23.2 Å². The largest absolute Gasteiger partial charge is 0.312 e. The molecule has 0 saturated carbocycles. The van der Waals surface area contributed by atoms with Crippen molar-refractivity contribution in [3.8, 4) is 0 Å². The number of benzene rings is 2. The Morgan fingerprint density at radius 2 is 1.88 bits per heavy atom. The van der Waals surface area contributed by atoms with E-state index in [-0.39, 0.29) is 11.8 Å². The summed E-state index contributed by atoms with van der Waals surface area (Å²) in [6.07, 6.45) is 1.37. The van der Waals surface area contributed by atoms with E-state index >= 15 is 0 Å². The minimum atomic E-state index is -0.210. The summed E-state index contributed by atoms with van der Waals surface area (Å²) >= 11 is 0. The number of hydrazine groups is 1. The first-order valence-corrected chi connectivity index (χ1v) is 8.64. The summed E-state index contributed by atoms with van der Waals surface area (Å²) in [6, 6.07) is 15.3. The van der Waals surface area contributed by atoms with Gasteiger partial charge in [-0.1, -0.05) is 29.8 Å². The van der Waals surface area contributed by atoms with Crippen molar-refractivity contribution in [2.75, 3.05) is 23.0 Å². The fourth-order valence-corrected chi connectivity index (χ4v) is 3.04. The molecule has 1 saturated heterocycles. The van der Waals surface area contributed by atoms with Crippen molar-refractivity contribution in [1.29, 1.82) is 0 Å². The Morgan fingerprint density at radius 1 is 1.16 bits per heavy atom. The fourth-order valence-electron chi connectivity index (χ4n) is 3.04. The summed E-state index contributed by atoms with van der Waals surface area (Å²) in [6.45, 7) is 5.32. The van der Waals surface area contributed by atoms with E-state index in [1.165, 1.54) is 5.56 Å². The number of nitrogens with zero attached hydrogens (tertiary/aromatic N) is 2. The van der Waals surface area contributed by atoms with Crippen LogP contribution in [-0.2, 0) is 4.79 Å². The summed E-state index contributed by atoms with van der Waals surface area (Å²) in [5.74, 6) is -0.135. The molecule has 2 aromatic rings. The first kappa shape index (κ1) is 17.0. The summed E-state index contributed by atoms with van der Waals surface area (Å²) in [7, 11) is 0. The van der Waals surface area contributed by atoms with Gasteiger partial charge in [-0.05, 0) is 44.5 Å². The van der Waals surface area contributed by atoms with Crippen LogP contribution in [0, 0.1) is 6.92 Å². The topological polar surface area (TPSA) is 52.7 Å². The Bertz CT molecular complexity index is 771. The Hall–Kier alpha value is -2.82. The lowest BCUT2D eigenvalue weighted by molar-refractivity contribution is -0.117. The number of hydrogen-bond acceptors (Lipinski definition) is 3. The number of hydrogen-bond donors (Lipinski definition) is 1. The molecule has 0 radical (unpaired) electrons. The number of aryl methyl sites for hydroxylation is 1. The second-order valence-corrected chi connectivity index (χ2v) is 6.19. The Labute approximate surface area is 148 Å². The molecule has 1 N–H and O–H groups in total. The molecule has 0 bridgehead atoms. The van der Waals surface area contributed by atoms with E-state index in [2.05, 4.69) is 5.43 Å². The Kier molecular flexibility index (Phi) is 5.03. The molecular weight excluding hydrogens is 314 g/mol. The predicted octanol–water partition coefficient (Wildman–Crippen LogP) is 3.29. The number of rotatable bonds is 5. The van der Waals surface area contributed by atoms with Gasteiger partial charge in [0, 0.05) is 19.5 Å². The molecule has 3 rings (SSSR count). The van der Waals surface area contributed by atoms with Gasteiger partial charge in [0.1, 0.15) is 0 Å². The molecule has 0 aromatic heterocycles. The molecular formula is C20H23N3O2. The van der Waals surface area contributed by atoms with E-state index in [4.69, 9.17) is 0 Å². The maximum absolute atomic E-state index is 12.8. The second kappa shape index (κ2) is 7.38. The molecule has 0 spiro atoms. The average Bonchev–Trinajstić information content (AvgIpc) is 3.06. The number of amides is 2. The molecule has 5 heteroatoms. The van der Waals surface area contributed by atoms with Gasteiger partial charge in [-0.15, -0.1) is 0 Å². The lowest BCUT2D eigenvalue weighted by atomic mass is 10.1. The van der Waals surface area contributed by atoms with Crippen LogP contribution in [0.4, 0.5) is 11.4 Å². The van der Waals surface area contributed by atoms with E-state index in [9.17, 15) is 9.59 Å². The van der Waals surface area contributed by atoms with Crippen LogP contribution < -0.4 is 15.3 Å². The van der Waals surface area contributed by atoms with Crippen molar-refractivity contribution in [3.63, 3.8) is 0 Å². The highest BCUT2D eigenvalue weighted by Gasteiger charge is 2.26. The lowest BCUT2D eigenvalue weighted by Crippen LogP contribution is -2.43. The van der Waals surface area contributed by atoms with E-state index in [0.29, 0.717) is 30.8 Å². The number of anilines is 2. The summed E-state index contributed by atoms with van der Waals surface area (Å²) in [5, 5.41) is 1.81. The maximum atomic E-state index is 12.8. The number of carbonyl (C=O) groups excluding carboxylic acids is 2. The molecule has 2 amide bonds. The standard InChI is InChI=1S/C20H23N3O2/c1-3-23(16-12-10-15(2)11-13-16)21-20(25)17-7-4-5-8-18(17)22-14-6-9-19(22)24/h4-5,7-8,10-13H,3,6,9,14H2,1-2H3,(H,21,25). The minimum absolute atomic E-state index is 0.0751. The van der Waals surface area contributed by atoms with E-state index in [1.807, 2.05) is 61.3 Å². The van der Waals surface area contributed by atoms with Crippen molar-refractivity contribution in [3.05, 3.63) is 59.7 Å². The van der Waals surface area contributed by atoms with Crippen molar-refractivity contribution in [1.82, 2.24) is 5.43 Å². The van der Waals surface area contributed by atoms with Gasteiger partial charge < -0.3 is 4.90 Å². The van der Waals surface area contributed by atoms with Crippen LogP contribution in [0.1, 0.15) is 35.7 Å². The quantitative estimate of drug-likeness (QED) is 0.852. The normalized spacial score (nSPS) is 13.8. The third kappa shape index (κ3) is 3.65. The van der Waals surface area contributed by atoms with Gasteiger partial charge in [0.2, 0.25) is 5.91 Å². The number of para-hydroxylation sites is 1. The van der Waals surface area contributed by atoms with Crippen LogP contribution in [-0.4, -0.2) is 24.9 Å². The lowest BCUT2D eigenvalue weighted by Gasteiger charge is -2.25. The van der Waals surface area contributed by atoms with Crippen LogP contribution in [0.2, 0.25) is 0 Å². The molecule has 5 nitrogen and oxygen atoms in total. The van der Waals surface area contributed by atoms with Crippen molar-refractivity contribution in [2.45, 2.75) is 26.7 Å². The maximum Gasteiger partial charge on any atom is 0.271 e. The van der Waals surface area contributed by atoms with Crippen molar-refractivity contribution in [2.24, 2.45) is 0 Å². The zero-order valence-corrected chi connectivity index (χ0v) is 14.7. The Morgan fingerprint density at radius 3 is 2.52 bits per heavy atom. The van der Waals surface area contributed by atoms with E-state index in [0.717, 1.165) is 12.1 Å². The van der Waals surface area contributed by atoms with Gasteiger partial charge >= 0.3 is 0 Å². The van der Waals surface area contributed by atoms with Crippen LogP contribution in [0.15, 0.2) is 48.5 Å². The van der Waals surface area contributed by atoms with E-state index in [1.54, 1.807) is 11.0 Å². The van der Waals surface area contributed by atoms with Gasteiger partial charge in [-0.2, -0.15) is 0 Å². The molecule has 0 atom stereocenters. The van der Waals surface area contributed by atoms with Crippen LogP contribution >= 0.6 is 0 Å². The zero-order chi connectivity index (χ0) is 17.8. The fraction of sp³-hybridized carbons (Fsp3) is 0.300. The molecule has 1 aliphatic rings. The smallest absolute Gasteiger partial charge is 0.271 e. The van der Waals surface area contributed by atoms with Crippen LogP contribution in [0.3, 0.4) is 0 Å². The van der Waals surface area contributed by atoms with Gasteiger partial charge in [0.25, 0.3) is 5.91 Å². The third-order valence-electron chi connectivity index (χ3n) is 4.41. The van der Waals surface area contributed by atoms with Crippen LogP contribution in [0.25, 0.3) is 0 Å². The van der Waals surface area contributed by atoms with Gasteiger partial charge in [0.15, 0.2) is 0 Å². The second-order valence-electron chi connectivity index (χ2n) is 6.19. The van der Waals surface area contributed by atoms with E-state index < -0.39 is 0 Å². The molecule has 1 heterocycles.